The Kier molecular flexibility index (Phi) is 5.66. The van der Waals surface area contributed by atoms with Crippen LogP contribution in [-0.4, -0.2) is 37.1 Å². The van der Waals surface area contributed by atoms with Gasteiger partial charge < -0.3 is 10.2 Å². The van der Waals surface area contributed by atoms with Crippen LogP contribution in [0.25, 0.3) is 0 Å². The Morgan fingerprint density at radius 2 is 2.14 bits per heavy atom. The van der Waals surface area contributed by atoms with E-state index in [1.807, 2.05) is 0 Å². The predicted molar refractivity (Wildman–Crippen MR) is 61.2 cm³/mol. The number of piperidine rings is 1. The number of hydrogen-bond donors (Lipinski definition) is 1. The Balaban J connectivity index is 2.07. The van der Waals surface area contributed by atoms with Crippen LogP contribution in [0, 0.1) is 12.3 Å². The molecule has 1 aliphatic heterocycles. The second-order valence-corrected chi connectivity index (χ2v) is 4.02. The molecule has 1 N–H and O–H groups in total. The summed E-state index contributed by atoms with van der Waals surface area (Å²) < 4.78 is 0. The Labute approximate surface area is 88.1 Å². The molecule has 1 rings (SSSR count). The van der Waals surface area contributed by atoms with E-state index in [0.717, 1.165) is 13.0 Å². The molecule has 0 aromatic rings. The maximum absolute atomic E-state index is 5.21. The van der Waals surface area contributed by atoms with Crippen molar-refractivity contribution in [2.24, 2.45) is 0 Å². The summed E-state index contributed by atoms with van der Waals surface area (Å²) in [6.07, 6.45) is 9.90. The van der Waals surface area contributed by atoms with Crippen molar-refractivity contribution in [2.45, 2.75) is 38.6 Å². The largest absolute Gasteiger partial charge is 0.313 e. The molecule has 0 atom stereocenters. The van der Waals surface area contributed by atoms with Gasteiger partial charge in [-0.2, -0.15) is 0 Å². The third-order valence-electron chi connectivity index (χ3n) is 2.83. The zero-order chi connectivity index (χ0) is 10.2. The van der Waals surface area contributed by atoms with Crippen molar-refractivity contribution >= 4 is 0 Å². The number of terminal acetylenes is 1. The molecule has 0 aromatic heterocycles. The van der Waals surface area contributed by atoms with Gasteiger partial charge in [0.1, 0.15) is 0 Å². The highest BCUT2D eigenvalue weighted by atomic mass is 15.1. The maximum Gasteiger partial charge on any atom is 0.0211 e. The van der Waals surface area contributed by atoms with Gasteiger partial charge >= 0.3 is 0 Å². The highest BCUT2D eigenvalue weighted by Gasteiger charge is 2.17. The Hall–Kier alpha value is -0.520. The molecule has 1 heterocycles. The molecule has 0 aromatic carbocycles. The second-order valence-electron chi connectivity index (χ2n) is 4.02. The minimum atomic E-state index is 0.705. The molecular weight excluding hydrogens is 172 g/mol. The number of rotatable bonds is 5. The molecule has 2 nitrogen and oxygen atoms in total. The summed E-state index contributed by atoms with van der Waals surface area (Å²) in [6, 6.07) is 0.705. The highest BCUT2D eigenvalue weighted by molar-refractivity contribution is 4.85. The van der Waals surface area contributed by atoms with E-state index >= 15 is 0 Å². The van der Waals surface area contributed by atoms with Crippen LogP contribution in [0.5, 0.6) is 0 Å². The first-order valence-corrected chi connectivity index (χ1v) is 5.76. The van der Waals surface area contributed by atoms with Crippen molar-refractivity contribution in [1.82, 2.24) is 10.2 Å². The fourth-order valence-corrected chi connectivity index (χ4v) is 2.03. The SMILES string of the molecule is C#CCCNC1CCN(CCC)CC1. The second kappa shape index (κ2) is 6.86. The van der Waals surface area contributed by atoms with E-state index < -0.39 is 0 Å². The summed E-state index contributed by atoms with van der Waals surface area (Å²) in [6.45, 7) is 6.99. The van der Waals surface area contributed by atoms with Crippen LogP contribution < -0.4 is 5.32 Å². The molecule has 1 fully saturated rings. The lowest BCUT2D eigenvalue weighted by Crippen LogP contribution is -2.42. The monoisotopic (exact) mass is 194 g/mol. The molecule has 1 aliphatic rings. The van der Waals surface area contributed by atoms with E-state index in [-0.39, 0.29) is 0 Å². The summed E-state index contributed by atoms with van der Waals surface area (Å²) in [5, 5.41) is 3.52. The first-order valence-electron chi connectivity index (χ1n) is 5.76. The first kappa shape index (κ1) is 11.6. The lowest BCUT2D eigenvalue weighted by Gasteiger charge is -2.32. The van der Waals surface area contributed by atoms with Crippen LogP contribution in [0.15, 0.2) is 0 Å². The van der Waals surface area contributed by atoms with Gasteiger partial charge in [0.25, 0.3) is 0 Å². The number of nitrogens with zero attached hydrogens (tertiary/aromatic N) is 1. The van der Waals surface area contributed by atoms with Crippen molar-refractivity contribution in [2.75, 3.05) is 26.2 Å². The van der Waals surface area contributed by atoms with E-state index in [1.54, 1.807) is 0 Å². The third-order valence-corrected chi connectivity index (χ3v) is 2.83. The van der Waals surface area contributed by atoms with Gasteiger partial charge in [-0.05, 0) is 38.9 Å². The number of likely N-dealkylation sites (tertiary alicyclic amines) is 1. The molecule has 0 unspecified atom stereocenters. The zero-order valence-electron chi connectivity index (χ0n) is 9.26. The topological polar surface area (TPSA) is 15.3 Å². The fourth-order valence-electron chi connectivity index (χ4n) is 2.03. The van der Waals surface area contributed by atoms with Crippen LogP contribution in [-0.2, 0) is 0 Å². The van der Waals surface area contributed by atoms with Crippen molar-refractivity contribution in [3.8, 4) is 12.3 Å². The van der Waals surface area contributed by atoms with Crippen LogP contribution in [0.1, 0.15) is 32.6 Å². The summed E-state index contributed by atoms with van der Waals surface area (Å²) in [5.74, 6) is 2.66. The Morgan fingerprint density at radius 1 is 1.43 bits per heavy atom. The lowest BCUT2D eigenvalue weighted by atomic mass is 10.0. The molecule has 1 saturated heterocycles. The molecule has 0 spiro atoms. The van der Waals surface area contributed by atoms with E-state index in [9.17, 15) is 0 Å². The van der Waals surface area contributed by atoms with E-state index in [2.05, 4.69) is 23.1 Å². The van der Waals surface area contributed by atoms with Gasteiger partial charge in [-0.3, -0.25) is 0 Å². The number of nitrogens with one attached hydrogen (secondary N) is 1. The summed E-state index contributed by atoms with van der Waals surface area (Å²) in [5.41, 5.74) is 0. The van der Waals surface area contributed by atoms with Crippen molar-refractivity contribution < 1.29 is 0 Å². The Morgan fingerprint density at radius 3 is 2.71 bits per heavy atom. The molecule has 80 valence electrons. The standard InChI is InChI=1S/C12H22N2/c1-3-5-8-13-12-6-10-14(9-4-2)11-7-12/h1,12-13H,4-11H2,2H3. The summed E-state index contributed by atoms with van der Waals surface area (Å²) >= 11 is 0. The van der Waals surface area contributed by atoms with Crippen LogP contribution in [0.3, 0.4) is 0 Å². The van der Waals surface area contributed by atoms with Gasteiger partial charge in [0.15, 0.2) is 0 Å². The smallest absolute Gasteiger partial charge is 0.0211 e. The van der Waals surface area contributed by atoms with Gasteiger partial charge in [-0.25, -0.2) is 0 Å². The van der Waals surface area contributed by atoms with Crippen molar-refractivity contribution in [3.05, 3.63) is 0 Å². The molecule has 0 aliphatic carbocycles. The van der Waals surface area contributed by atoms with Crippen LogP contribution in [0.4, 0.5) is 0 Å². The minimum Gasteiger partial charge on any atom is -0.313 e. The molecule has 0 saturated carbocycles. The normalized spacial score (nSPS) is 19.4. The molecule has 0 amide bonds. The van der Waals surface area contributed by atoms with Gasteiger partial charge in [-0.1, -0.05) is 6.92 Å². The summed E-state index contributed by atoms with van der Waals surface area (Å²) in [7, 11) is 0. The average molecular weight is 194 g/mol. The molecular formula is C12H22N2. The van der Waals surface area contributed by atoms with Gasteiger partial charge in [-0.15, -0.1) is 12.3 Å². The molecule has 0 bridgehead atoms. The van der Waals surface area contributed by atoms with Gasteiger partial charge in [0, 0.05) is 19.0 Å². The van der Waals surface area contributed by atoms with Crippen LogP contribution >= 0.6 is 0 Å². The predicted octanol–water partition coefficient (Wildman–Crippen LogP) is 1.47. The fraction of sp³-hybridized carbons (Fsp3) is 0.833. The van der Waals surface area contributed by atoms with Gasteiger partial charge in [0.05, 0.1) is 0 Å². The van der Waals surface area contributed by atoms with Crippen molar-refractivity contribution in [1.29, 1.82) is 0 Å². The van der Waals surface area contributed by atoms with E-state index in [4.69, 9.17) is 6.42 Å². The van der Waals surface area contributed by atoms with E-state index in [0.29, 0.717) is 6.04 Å². The van der Waals surface area contributed by atoms with Crippen molar-refractivity contribution in [3.63, 3.8) is 0 Å². The first-order chi connectivity index (χ1) is 6.86. The number of hydrogen-bond acceptors (Lipinski definition) is 2. The quantitative estimate of drug-likeness (QED) is 0.527. The molecule has 0 radical (unpaired) electrons. The minimum absolute atomic E-state index is 0.705. The molecule has 14 heavy (non-hydrogen) atoms. The third kappa shape index (κ3) is 4.13. The highest BCUT2D eigenvalue weighted by Crippen LogP contribution is 2.10. The average Bonchev–Trinajstić information content (AvgIpc) is 2.21. The van der Waals surface area contributed by atoms with Crippen LogP contribution in [0.2, 0.25) is 0 Å². The summed E-state index contributed by atoms with van der Waals surface area (Å²) in [4.78, 5) is 2.55. The van der Waals surface area contributed by atoms with Gasteiger partial charge in [0.2, 0.25) is 0 Å². The maximum atomic E-state index is 5.21. The molecule has 2 heteroatoms. The zero-order valence-corrected chi connectivity index (χ0v) is 9.26. The lowest BCUT2D eigenvalue weighted by molar-refractivity contribution is 0.199. The Bertz CT molecular complexity index is 175. The van der Waals surface area contributed by atoms with E-state index in [1.165, 1.54) is 38.9 Å².